The zero-order valence-corrected chi connectivity index (χ0v) is 18.7. The monoisotopic (exact) mass is 468 g/mol. The normalized spacial score (nSPS) is 16.3. The van der Waals surface area contributed by atoms with Crippen molar-refractivity contribution in [1.82, 2.24) is 9.88 Å². The van der Waals surface area contributed by atoms with E-state index in [4.69, 9.17) is 28.5 Å². The highest BCUT2D eigenvalue weighted by molar-refractivity contribution is 8.01. The maximum atomic E-state index is 12.8. The van der Waals surface area contributed by atoms with Crippen LogP contribution in [-0.4, -0.2) is 40.5 Å². The fraction of sp³-hybridized carbons (Fsp3) is 0.368. The Balaban J connectivity index is 1.64. The van der Waals surface area contributed by atoms with E-state index in [9.17, 15) is 9.59 Å². The number of rotatable bonds is 5. The zero-order chi connectivity index (χ0) is 21.0. The molecule has 1 aromatic carbocycles. The number of thioether (sulfide) groups is 1. The average molecular weight is 469 g/mol. The van der Waals surface area contributed by atoms with E-state index >= 15 is 0 Å². The molecule has 29 heavy (non-hydrogen) atoms. The summed E-state index contributed by atoms with van der Waals surface area (Å²) in [4.78, 5) is 31.6. The lowest BCUT2D eigenvalue weighted by atomic mass is 9.96. The number of aromatic nitrogens is 1. The van der Waals surface area contributed by atoms with E-state index in [1.165, 1.54) is 23.1 Å². The van der Waals surface area contributed by atoms with Crippen molar-refractivity contribution in [3.8, 4) is 6.07 Å². The first-order chi connectivity index (χ1) is 13.9. The first-order valence-corrected chi connectivity index (χ1v) is 11.5. The summed E-state index contributed by atoms with van der Waals surface area (Å²) in [5.74, 6) is -0.288. The minimum atomic E-state index is -0.310. The Hall–Kier alpha value is -1.79. The number of carbonyl (C=O) groups is 2. The maximum absolute atomic E-state index is 12.8. The van der Waals surface area contributed by atoms with Gasteiger partial charge in [0.15, 0.2) is 5.13 Å². The van der Waals surface area contributed by atoms with Crippen molar-refractivity contribution in [1.29, 1.82) is 5.26 Å². The fourth-order valence-electron chi connectivity index (χ4n) is 3.06. The number of hydrogen-bond donors (Lipinski definition) is 1. The zero-order valence-electron chi connectivity index (χ0n) is 15.6. The average Bonchev–Trinajstić information content (AvgIpc) is 3.06. The number of piperidine rings is 1. The molecule has 1 atom stereocenters. The summed E-state index contributed by atoms with van der Waals surface area (Å²) in [7, 11) is 0. The topological polar surface area (TPSA) is 86.1 Å². The van der Waals surface area contributed by atoms with E-state index in [0.717, 1.165) is 16.3 Å². The third kappa shape index (κ3) is 5.43. The number of halogens is 2. The van der Waals surface area contributed by atoms with Crippen LogP contribution in [0.3, 0.4) is 0 Å². The first-order valence-electron chi connectivity index (χ1n) is 8.91. The highest BCUT2D eigenvalue weighted by Gasteiger charge is 2.29. The van der Waals surface area contributed by atoms with Gasteiger partial charge < -0.3 is 10.2 Å². The molecule has 0 aliphatic carbocycles. The van der Waals surface area contributed by atoms with Gasteiger partial charge in [-0.05, 0) is 38.0 Å². The van der Waals surface area contributed by atoms with E-state index in [1.54, 1.807) is 23.1 Å². The highest BCUT2D eigenvalue weighted by atomic mass is 35.5. The standard InChI is InChI=1S/C19H18Cl2N4O2S2/c1-11-18(28-8-6-22)29-19(23-11)24-16(26)13-3-2-7-25(10-13)17(27)12-4-5-14(20)15(21)9-12/h4-5,9,13H,2-3,7-8,10H2,1H3,(H,23,24,26). The number of hydrogen-bond acceptors (Lipinski definition) is 6. The number of anilines is 1. The maximum Gasteiger partial charge on any atom is 0.253 e. The van der Waals surface area contributed by atoms with Crippen LogP contribution in [0.2, 0.25) is 10.0 Å². The predicted octanol–water partition coefficient (Wildman–Crippen LogP) is 4.86. The van der Waals surface area contributed by atoms with Gasteiger partial charge in [0.2, 0.25) is 5.91 Å². The van der Waals surface area contributed by atoms with E-state index in [0.29, 0.717) is 46.0 Å². The predicted molar refractivity (Wildman–Crippen MR) is 117 cm³/mol. The molecule has 1 unspecified atom stereocenters. The van der Waals surface area contributed by atoms with Gasteiger partial charge in [0.1, 0.15) is 0 Å². The van der Waals surface area contributed by atoms with Gasteiger partial charge in [-0.2, -0.15) is 5.26 Å². The summed E-state index contributed by atoms with van der Waals surface area (Å²) in [5.41, 5.74) is 1.25. The number of nitrogens with zero attached hydrogens (tertiary/aromatic N) is 3. The summed E-state index contributed by atoms with van der Waals surface area (Å²) >= 11 is 14.7. The van der Waals surface area contributed by atoms with Crippen molar-refractivity contribution < 1.29 is 9.59 Å². The third-order valence-electron chi connectivity index (χ3n) is 4.50. The van der Waals surface area contributed by atoms with Crippen molar-refractivity contribution in [3.05, 3.63) is 39.5 Å². The summed E-state index contributed by atoms with van der Waals surface area (Å²) in [5, 5.41) is 12.8. The van der Waals surface area contributed by atoms with E-state index in [2.05, 4.69) is 16.4 Å². The SMILES string of the molecule is Cc1nc(NC(=O)C2CCCN(C(=O)c3ccc(Cl)c(Cl)c3)C2)sc1SCC#N. The lowest BCUT2D eigenvalue weighted by molar-refractivity contribution is -0.121. The van der Waals surface area contributed by atoms with E-state index < -0.39 is 0 Å². The summed E-state index contributed by atoms with van der Waals surface area (Å²) < 4.78 is 0.918. The summed E-state index contributed by atoms with van der Waals surface area (Å²) in [6, 6.07) is 6.87. The van der Waals surface area contributed by atoms with Gasteiger partial charge in [-0.15, -0.1) is 0 Å². The number of amides is 2. The molecule has 1 N–H and O–H groups in total. The van der Waals surface area contributed by atoms with Crippen LogP contribution in [0.25, 0.3) is 0 Å². The summed E-state index contributed by atoms with van der Waals surface area (Å²) in [6.07, 6.45) is 1.45. The van der Waals surface area contributed by atoms with Crippen molar-refractivity contribution in [2.45, 2.75) is 24.0 Å². The van der Waals surface area contributed by atoms with Gasteiger partial charge in [0.05, 0.1) is 37.7 Å². The molecule has 0 spiro atoms. The van der Waals surface area contributed by atoms with Crippen molar-refractivity contribution in [3.63, 3.8) is 0 Å². The molecule has 10 heteroatoms. The molecule has 1 fully saturated rings. The Morgan fingerprint density at radius 3 is 2.93 bits per heavy atom. The van der Waals surface area contributed by atoms with Crippen LogP contribution in [0.1, 0.15) is 28.9 Å². The third-order valence-corrected chi connectivity index (χ3v) is 7.54. The van der Waals surface area contributed by atoms with E-state index in [1.807, 2.05) is 6.92 Å². The van der Waals surface area contributed by atoms with Gasteiger partial charge in [-0.1, -0.05) is 46.3 Å². The molecular formula is C19H18Cl2N4O2S2. The van der Waals surface area contributed by atoms with Crippen LogP contribution >= 0.6 is 46.3 Å². The van der Waals surface area contributed by atoms with Crippen LogP contribution in [0.5, 0.6) is 0 Å². The number of benzene rings is 1. The first kappa shape index (κ1) is 21.9. The van der Waals surface area contributed by atoms with Crippen molar-refractivity contribution in [2.75, 3.05) is 24.2 Å². The number of nitrogens with one attached hydrogen (secondary N) is 1. The molecule has 0 radical (unpaired) electrons. The van der Waals surface area contributed by atoms with Crippen molar-refractivity contribution in [2.24, 2.45) is 5.92 Å². The molecule has 2 heterocycles. The van der Waals surface area contributed by atoms with Gasteiger partial charge in [-0.25, -0.2) is 4.98 Å². The molecule has 3 rings (SSSR count). The second kappa shape index (κ2) is 9.81. The molecule has 1 saturated heterocycles. The Labute approximate surface area is 187 Å². The molecule has 0 saturated carbocycles. The van der Waals surface area contributed by atoms with Crippen LogP contribution in [-0.2, 0) is 4.79 Å². The lowest BCUT2D eigenvalue weighted by Gasteiger charge is -2.32. The molecule has 152 valence electrons. The molecular weight excluding hydrogens is 451 g/mol. The fourth-order valence-corrected chi connectivity index (χ4v) is 5.16. The Morgan fingerprint density at radius 2 is 2.21 bits per heavy atom. The number of carbonyl (C=O) groups excluding carboxylic acids is 2. The van der Waals surface area contributed by atoms with Crippen molar-refractivity contribution >= 4 is 63.2 Å². The van der Waals surface area contributed by atoms with Crippen LogP contribution in [0, 0.1) is 24.2 Å². The van der Waals surface area contributed by atoms with Crippen LogP contribution in [0.4, 0.5) is 5.13 Å². The second-order valence-corrected chi connectivity index (χ2v) is 9.60. The number of likely N-dealkylation sites (tertiary alicyclic amines) is 1. The van der Waals surface area contributed by atoms with Gasteiger partial charge in [0.25, 0.3) is 5.91 Å². The van der Waals surface area contributed by atoms with Crippen LogP contribution < -0.4 is 5.32 Å². The molecule has 6 nitrogen and oxygen atoms in total. The number of aryl methyl sites for hydroxylation is 1. The van der Waals surface area contributed by atoms with E-state index in [-0.39, 0.29) is 17.7 Å². The highest BCUT2D eigenvalue weighted by Crippen LogP contribution is 2.32. The molecule has 1 aliphatic heterocycles. The summed E-state index contributed by atoms with van der Waals surface area (Å²) in [6.45, 7) is 2.78. The molecule has 2 aromatic rings. The smallest absolute Gasteiger partial charge is 0.253 e. The Morgan fingerprint density at radius 1 is 1.41 bits per heavy atom. The molecule has 1 aliphatic rings. The quantitative estimate of drug-likeness (QED) is 0.632. The van der Waals surface area contributed by atoms with Crippen LogP contribution in [0.15, 0.2) is 22.4 Å². The lowest BCUT2D eigenvalue weighted by Crippen LogP contribution is -2.43. The minimum absolute atomic E-state index is 0.151. The van der Waals surface area contributed by atoms with Gasteiger partial charge >= 0.3 is 0 Å². The largest absolute Gasteiger partial charge is 0.338 e. The Kier molecular flexibility index (Phi) is 7.41. The van der Waals surface area contributed by atoms with Gasteiger partial charge in [0, 0.05) is 18.7 Å². The molecule has 2 amide bonds. The Bertz CT molecular complexity index is 974. The molecule has 0 bridgehead atoms. The number of nitriles is 1. The molecule has 1 aromatic heterocycles. The minimum Gasteiger partial charge on any atom is -0.338 e. The van der Waals surface area contributed by atoms with Gasteiger partial charge in [-0.3, -0.25) is 9.59 Å². The number of thiazole rings is 1. The second-order valence-electron chi connectivity index (χ2n) is 6.55.